The summed E-state index contributed by atoms with van der Waals surface area (Å²) >= 11 is 0. The molecule has 0 atom stereocenters. The lowest BCUT2D eigenvalue weighted by Gasteiger charge is -2.30. The summed E-state index contributed by atoms with van der Waals surface area (Å²) in [7, 11) is 1.93. The molecule has 2 N–H and O–H groups in total. The van der Waals surface area contributed by atoms with Crippen LogP contribution in [0.1, 0.15) is 50.0 Å². The SMILES string of the molecule is Cn1cc(-c2cc(NC3CCC(c4ccccc4)CC3)c(=O)n(CC3CCNCC3)c2)cn1. The highest BCUT2D eigenvalue weighted by Crippen LogP contribution is 2.34. The Labute approximate surface area is 196 Å². The average molecular weight is 446 g/mol. The second-order valence-electron chi connectivity index (χ2n) is 9.80. The monoisotopic (exact) mass is 445 g/mol. The van der Waals surface area contributed by atoms with Crippen molar-refractivity contribution in [3.63, 3.8) is 0 Å². The third-order valence-electron chi connectivity index (χ3n) is 7.40. The third-order valence-corrected chi connectivity index (χ3v) is 7.40. The molecule has 2 aliphatic rings. The van der Waals surface area contributed by atoms with Crippen molar-refractivity contribution in [1.29, 1.82) is 0 Å². The highest BCUT2D eigenvalue weighted by Gasteiger charge is 2.24. The molecule has 1 aliphatic carbocycles. The quantitative estimate of drug-likeness (QED) is 0.591. The van der Waals surface area contributed by atoms with Gasteiger partial charge in [0.2, 0.25) is 0 Å². The molecule has 1 saturated heterocycles. The van der Waals surface area contributed by atoms with Crippen LogP contribution < -0.4 is 16.2 Å². The maximum absolute atomic E-state index is 13.5. The number of nitrogens with one attached hydrogen (secondary N) is 2. The minimum atomic E-state index is 0.103. The number of piperidine rings is 1. The molecule has 2 fully saturated rings. The lowest BCUT2D eigenvalue weighted by molar-refractivity contribution is 0.330. The molecule has 0 spiro atoms. The van der Waals surface area contributed by atoms with Crippen molar-refractivity contribution >= 4 is 5.69 Å². The van der Waals surface area contributed by atoms with Gasteiger partial charge < -0.3 is 15.2 Å². The Morgan fingerprint density at radius 3 is 2.45 bits per heavy atom. The first-order valence-corrected chi connectivity index (χ1v) is 12.4. The molecule has 174 valence electrons. The zero-order chi connectivity index (χ0) is 22.6. The number of rotatable bonds is 6. The van der Waals surface area contributed by atoms with Crippen LogP contribution in [0.5, 0.6) is 0 Å². The minimum absolute atomic E-state index is 0.103. The Morgan fingerprint density at radius 2 is 1.76 bits per heavy atom. The standard InChI is InChI=1S/C27H35N5O/c1-31-18-24(16-29-31)23-15-26(27(33)32(19-23)17-20-11-13-28-14-12-20)30-25-9-7-22(8-10-25)21-5-3-2-4-6-21/h2-6,15-16,18-20,22,25,28,30H,7-14,17H2,1H3. The number of aryl methyl sites for hydroxylation is 1. The van der Waals surface area contributed by atoms with Crippen molar-refractivity contribution < 1.29 is 0 Å². The van der Waals surface area contributed by atoms with Gasteiger partial charge in [-0.3, -0.25) is 9.48 Å². The second-order valence-corrected chi connectivity index (χ2v) is 9.80. The fourth-order valence-electron chi connectivity index (χ4n) is 5.46. The highest BCUT2D eigenvalue weighted by atomic mass is 16.1. The summed E-state index contributed by atoms with van der Waals surface area (Å²) < 4.78 is 3.76. The number of aromatic nitrogens is 3. The van der Waals surface area contributed by atoms with Crippen LogP contribution in [0.3, 0.4) is 0 Å². The Balaban J connectivity index is 1.35. The second kappa shape index (κ2) is 9.96. The van der Waals surface area contributed by atoms with Gasteiger partial charge in [0.1, 0.15) is 5.69 Å². The first kappa shape index (κ1) is 22.0. The molecule has 0 radical (unpaired) electrons. The summed E-state index contributed by atoms with van der Waals surface area (Å²) in [5.41, 5.74) is 4.38. The molecule has 5 rings (SSSR count). The zero-order valence-electron chi connectivity index (χ0n) is 19.5. The average Bonchev–Trinajstić information content (AvgIpc) is 3.29. The molecule has 1 aliphatic heterocycles. The van der Waals surface area contributed by atoms with Gasteiger partial charge in [0.15, 0.2) is 0 Å². The zero-order valence-corrected chi connectivity index (χ0v) is 19.5. The first-order valence-electron chi connectivity index (χ1n) is 12.4. The van der Waals surface area contributed by atoms with Crippen LogP contribution in [0.15, 0.2) is 59.8 Å². The smallest absolute Gasteiger partial charge is 0.273 e. The molecular formula is C27H35N5O. The van der Waals surface area contributed by atoms with E-state index in [1.165, 1.54) is 5.56 Å². The molecular weight excluding hydrogens is 410 g/mol. The Bertz CT molecular complexity index is 1110. The van der Waals surface area contributed by atoms with E-state index < -0.39 is 0 Å². The van der Waals surface area contributed by atoms with E-state index in [2.05, 4.69) is 46.1 Å². The van der Waals surface area contributed by atoms with Crippen molar-refractivity contribution in [2.75, 3.05) is 18.4 Å². The summed E-state index contributed by atoms with van der Waals surface area (Å²) in [5.74, 6) is 1.17. The van der Waals surface area contributed by atoms with E-state index in [0.29, 0.717) is 17.9 Å². The highest BCUT2D eigenvalue weighted by molar-refractivity contribution is 5.65. The fraction of sp³-hybridized carbons (Fsp3) is 0.481. The number of benzene rings is 1. The molecule has 0 bridgehead atoms. The fourth-order valence-corrected chi connectivity index (χ4v) is 5.46. The van der Waals surface area contributed by atoms with Gasteiger partial charge >= 0.3 is 0 Å². The van der Waals surface area contributed by atoms with E-state index in [-0.39, 0.29) is 5.56 Å². The molecule has 2 aromatic heterocycles. The molecule has 6 nitrogen and oxygen atoms in total. The Kier molecular flexibility index (Phi) is 6.63. The van der Waals surface area contributed by atoms with Crippen LogP contribution in [-0.2, 0) is 13.6 Å². The molecule has 0 unspecified atom stereocenters. The van der Waals surface area contributed by atoms with Gasteiger partial charge in [0, 0.05) is 43.2 Å². The van der Waals surface area contributed by atoms with Gasteiger partial charge in [-0.1, -0.05) is 30.3 Å². The lowest BCUT2D eigenvalue weighted by atomic mass is 9.82. The number of pyridine rings is 1. The summed E-state index contributed by atoms with van der Waals surface area (Å²) in [5, 5.41) is 11.4. The maximum Gasteiger partial charge on any atom is 0.273 e. The van der Waals surface area contributed by atoms with E-state index >= 15 is 0 Å². The number of nitrogens with zero attached hydrogens (tertiary/aromatic N) is 3. The Morgan fingerprint density at radius 1 is 1.00 bits per heavy atom. The van der Waals surface area contributed by atoms with E-state index in [1.807, 2.05) is 41.0 Å². The molecule has 6 heteroatoms. The van der Waals surface area contributed by atoms with E-state index in [4.69, 9.17) is 0 Å². The number of hydrogen-bond donors (Lipinski definition) is 2. The third kappa shape index (κ3) is 5.22. The topological polar surface area (TPSA) is 63.9 Å². The van der Waals surface area contributed by atoms with E-state index in [9.17, 15) is 4.79 Å². The summed E-state index contributed by atoms with van der Waals surface area (Å²) in [6.07, 6.45) is 12.7. The summed E-state index contributed by atoms with van der Waals surface area (Å²) in [4.78, 5) is 13.5. The van der Waals surface area contributed by atoms with Gasteiger partial charge in [-0.25, -0.2) is 0 Å². The first-order chi connectivity index (χ1) is 16.2. The van der Waals surface area contributed by atoms with Gasteiger partial charge in [-0.15, -0.1) is 0 Å². The van der Waals surface area contributed by atoms with Crippen molar-refractivity contribution in [2.45, 2.75) is 57.0 Å². The van der Waals surface area contributed by atoms with Crippen LogP contribution in [0.4, 0.5) is 5.69 Å². The normalized spacial score (nSPS) is 21.7. The van der Waals surface area contributed by atoms with Crippen molar-refractivity contribution in [3.05, 3.63) is 70.9 Å². The van der Waals surface area contributed by atoms with Gasteiger partial charge in [0.25, 0.3) is 5.56 Å². The van der Waals surface area contributed by atoms with Crippen LogP contribution >= 0.6 is 0 Å². The van der Waals surface area contributed by atoms with Crippen molar-refractivity contribution in [2.24, 2.45) is 13.0 Å². The molecule has 1 saturated carbocycles. The number of hydrogen-bond acceptors (Lipinski definition) is 4. The van der Waals surface area contributed by atoms with Gasteiger partial charge in [-0.05, 0) is 75.1 Å². The van der Waals surface area contributed by atoms with Crippen LogP contribution in [0.25, 0.3) is 11.1 Å². The molecule has 1 aromatic carbocycles. The Hall–Kier alpha value is -2.86. The molecule has 3 aromatic rings. The van der Waals surface area contributed by atoms with Crippen molar-refractivity contribution in [3.8, 4) is 11.1 Å². The maximum atomic E-state index is 13.5. The van der Waals surface area contributed by atoms with Crippen LogP contribution in [0, 0.1) is 5.92 Å². The van der Waals surface area contributed by atoms with E-state index in [1.54, 1.807) is 0 Å². The predicted molar refractivity (Wildman–Crippen MR) is 134 cm³/mol. The minimum Gasteiger partial charge on any atom is -0.378 e. The van der Waals surface area contributed by atoms with Gasteiger partial charge in [-0.2, -0.15) is 5.10 Å². The predicted octanol–water partition coefficient (Wildman–Crippen LogP) is 4.39. The largest absolute Gasteiger partial charge is 0.378 e. The van der Waals surface area contributed by atoms with Crippen molar-refractivity contribution in [1.82, 2.24) is 19.7 Å². The van der Waals surface area contributed by atoms with Crippen LogP contribution in [-0.4, -0.2) is 33.5 Å². The van der Waals surface area contributed by atoms with Crippen LogP contribution in [0.2, 0.25) is 0 Å². The number of anilines is 1. The molecule has 0 amide bonds. The van der Waals surface area contributed by atoms with Gasteiger partial charge in [0.05, 0.1) is 6.20 Å². The molecule has 3 heterocycles. The summed E-state index contributed by atoms with van der Waals surface area (Å²) in [6.45, 7) is 2.86. The summed E-state index contributed by atoms with van der Waals surface area (Å²) in [6, 6.07) is 13.2. The molecule has 33 heavy (non-hydrogen) atoms. The lowest BCUT2D eigenvalue weighted by Crippen LogP contribution is -2.34. The van der Waals surface area contributed by atoms with E-state index in [0.717, 1.165) is 75.0 Å².